The minimum atomic E-state index is -0.910. The number of hydrogen-bond donors (Lipinski definition) is 2. The Hall–Kier alpha value is -0.760. The summed E-state index contributed by atoms with van der Waals surface area (Å²) in [6.45, 7) is 2.00. The van der Waals surface area contributed by atoms with Gasteiger partial charge in [-0.15, -0.1) is 11.8 Å². The Morgan fingerprint density at radius 1 is 1.41 bits per heavy atom. The van der Waals surface area contributed by atoms with E-state index in [4.69, 9.17) is 5.11 Å². The molecule has 0 aliphatic carbocycles. The molecule has 1 rings (SSSR count). The summed E-state index contributed by atoms with van der Waals surface area (Å²) in [7, 11) is 0. The first-order chi connectivity index (χ1) is 7.99. The van der Waals surface area contributed by atoms with E-state index in [1.807, 2.05) is 25.1 Å². The standard InChI is InChI=1S/C11H12INO3S/c1-7-2-3-8(4-9(7)12)13-10(14)5-17-6-11(15)16/h2-4H,5-6H2,1H3,(H,13,14)(H,15,16). The van der Waals surface area contributed by atoms with Crippen LogP contribution < -0.4 is 5.32 Å². The predicted octanol–water partition coefficient (Wildman–Crippen LogP) is 2.36. The summed E-state index contributed by atoms with van der Waals surface area (Å²) in [6.07, 6.45) is 0. The maximum absolute atomic E-state index is 11.5. The number of aliphatic carboxylic acids is 1. The molecule has 92 valence electrons. The fourth-order valence-corrected chi connectivity index (χ4v) is 2.15. The third-order valence-electron chi connectivity index (χ3n) is 1.91. The Morgan fingerprint density at radius 3 is 2.71 bits per heavy atom. The molecule has 1 amide bonds. The van der Waals surface area contributed by atoms with Crippen LogP contribution in [0.2, 0.25) is 0 Å². The maximum Gasteiger partial charge on any atom is 0.313 e. The van der Waals surface area contributed by atoms with Crippen LogP contribution in [-0.2, 0) is 9.59 Å². The first-order valence-electron chi connectivity index (χ1n) is 4.84. The van der Waals surface area contributed by atoms with Gasteiger partial charge < -0.3 is 10.4 Å². The van der Waals surface area contributed by atoms with Gasteiger partial charge in [-0.2, -0.15) is 0 Å². The first kappa shape index (κ1) is 14.3. The summed E-state index contributed by atoms with van der Waals surface area (Å²) < 4.78 is 1.08. The van der Waals surface area contributed by atoms with Gasteiger partial charge in [-0.3, -0.25) is 9.59 Å². The predicted molar refractivity (Wildman–Crippen MR) is 77.5 cm³/mol. The highest BCUT2D eigenvalue weighted by Crippen LogP contribution is 2.17. The second-order valence-corrected chi connectivity index (χ2v) is 5.55. The molecule has 0 aromatic heterocycles. The van der Waals surface area contributed by atoms with Crippen molar-refractivity contribution < 1.29 is 14.7 Å². The average Bonchev–Trinajstić information content (AvgIpc) is 2.23. The number of carboxylic acids is 1. The summed E-state index contributed by atoms with van der Waals surface area (Å²) in [5.41, 5.74) is 1.89. The number of aryl methyl sites for hydroxylation is 1. The van der Waals surface area contributed by atoms with Gasteiger partial charge >= 0.3 is 5.97 Å². The Bertz CT molecular complexity index is 437. The first-order valence-corrected chi connectivity index (χ1v) is 7.08. The highest BCUT2D eigenvalue weighted by molar-refractivity contribution is 14.1. The SMILES string of the molecule is Cc1ccc(NC(=O)CSCC(=O)O)cc1I. The van der Waals surface area contributed by atoms with Crippen LogP contribution in [0.15, 0.2) is 18.2 Å². The van der Waals surface area contributed by atoms with Crippen LogP contribution in [0.1, 0.15) is 5.56 Å². The molecule has 0 aliphatic heterocycles. The summed E-state index contributed by atoms with van der Waals surface area (Å²) in [5.74, 6) is -1.00. The molecule has 1 aromatic carbocycles. The van der Waals surface area contributed by atoms with E-state index in [9.17, 15) is 9.59 Å². The number of anilines is 1. The van der Waals surface area contributed by atoms with Crippen molar-refractivity contribution in [2.75, 3.05) is 16.8 Å². The third-order valence-corrected chi connectivity index (χ3v) is 3.99. The number of carboxylic acid groups (broad SMARTS) is 1. The lowest BCUT2D eigenvalue weighted by Gasteiger charge is -2.06. The molecule has 2 N–H and O–H groups in total. The highest BCUT2D eigenvalue weighted by Gasteiger charge is 2.05. The van der Waals surface area contributed by atoms with Gasteiger partial charge in [-0.25, -0.2) is 0 Å². The molecule has 0 saturated heterocycles. The fraction of sp³-hybridized carbons (Fsp3) is 0.273. The molecule has 0 unspecified atom stereocenters. The smallest absolute Gasteiger partial charge is 0.313 e. The van der Waals surface area contributed by atoms with Gasteiger partial charge in [0, 0.05) is 9.26 Å². The second kappa shape index (κ2) is 6.85. The van der Waals surface area contributed by atoms with Crippen molar-refractivity contribution >= 4 is 51.9 Å². The van der Waals surface area contributed by atoms with Gasteiger partial charge in [0.25, 0.3) is 0 Å². The Balaban J connectivity index is 2.45. The van der Waals surface area contributed by atoms with E-state index in [2.05, 4.69) is 27.9 Å². The van der Waals surface area contributed by atoms with Gasteiger partial charge in [-0.1, -0.05) is 6.07 Å². The zero-order valence-electron chi connectivity index (χ0n) is 9.20. The number of hydrogen-bond acceptors (Lipinski definition) is 3. The van der Waals surface area contributed by atoms with Gasteiger partial charge in [0.2, 0.25) is 5.91 Å². The molecule has 6 heteroatoms. The molecule has 1 aromatic rings. The molecular formula is C11H12INO3S. The minimum Gasteiger partial charge on any atom is -0.481 e. The van der Waals surface area contributed by atoms with Crippen LogP contribution in [0.25, 0.3) is 0 Å². The summed E-state index contributed by atoms with van der Waals surface area (Å²) >= 11 is 3.28. The van der Waals surface area contributed by atoms with E-state index < -0.39 is 5.97 Å². The molecule has 0 bridgehead atoms. The number of carbonyl (C=O) groups is 2. The summed E-state index contributed by atoms with van der Waals surface area (Å²) in [4.78, 5) is 21.7. The lowest BCUT2D eigenvalue weighted by molar-refractivity contribution is -0.133. The molecule has 0 spiro atoms. The molecule has 17 heavy (non-hydrogen) atoms. The van der Waals surface area contributed by atoms with Crippen molar-refractivity contribution in [2.24, 2.45) is 0 Å². The fourth-order valence-electron chi connectivity index (χ4n) is 1.10. The van der Waals surface area contributed by atoms with E-state index in [0.29, 0.717) is 0 Å². The largest absolute Gasteiger partial charge is 0.481 e. The normalized spacial score (nSPS) is 10.0. The third kappa shape index (κ3) is 5.40. The zero-order chi connectivity index (χ0) is 12.8. The Labute approximate surface area is 117 Å². The molecule has 0 aliphatic rings. The van der Waals surface area contributed by atoms with Crippen LogP contribution in [0.4, 0.5) is 5.69 Å². The number of halogens is 1. The quantitative estimate of drug-likeness (QED) is 0.787. The van der Waals surface area contributed by atoms with E-state index in [1.165, 1.54) is 0 Å². The summed E-state index contributed by atoms with van der Waals surface area (Å²) in [5, 5.41) is 11.2. The minimum absolute atomic E-state index is 0.0567. The average molecular weight is 365 g/mol. The van der Waals surface area contributed by atoms with E-state index in [-0.39, 0.29) is 17.4 Å². The maximum atomic E-state index is 11.5. The zero-order valence-corrected chi connectivity index (χ0v) is 12.2. The Kier molecular flexibility index (Phi) is 5.76. The number of carbonyl (C=O) groups excluding carboxylic acids is 1. The number of benzene rings is 1. The lowest BCUT2D eigenvalue weighted by Crippen LogP contribution is -2.15. The van der Waals surface area contributed by atoms with Crippen molar-refractivity contribution in [1.82, 2.24) is 0 Å². The van der Waals surface area contributed by atoms with Crippen LogP contribution in [-0.4, -0.2) is 28.5 Å². The number of nitrogens with one attached hydrogen (secondary N) is 1. The molecule has 0 atom stereocenters. The van der Waals surface area contributed by atoms with Crippen LogP contribution >= 0.6 is 34.4 Å². The van der Waals surface area contributed by atoms with E-state index >= 15 is 0 Å². The van der Waals surface area contributed by atoms with Crippen LogP contribution in [0.5, 0.6) is 0 Å². The van der Waals surface area contributed by atoms with Crippen molar-refractivity contribution in [3.63, 3.8) is 0 Å². The van der Waals surface area contributed by atoms with E-state index in [1.54, 1.807) is 0 Å². The van der Waals surface area contributed by atoms with Gasteiger partial charge in [0.1, 0.15) is 0 Å². The van der Waals surface area contributed by atoms with Crippen molar-refractivity contribution in [3.05, 3.63) is 27.3 Å². The lowest BCUT2D eigenvalue weighted by atomic mass is 10.2. The topological polar surface area (TPSA) is 66.4 Å². The molecule has 0 radical (unpaired) electrons. The van der Waals surface area contributed by atoms with E-state index in [0.717, 1.165) is 26.6 Å². The van der Waals surface area contributed by atoms with Crippen molar-refractivity contribution in [2.45, 2.75) is 6.92 Å². The highest BCUT2D eigenvalue weighted by atomic mass is 127. The second-order valence-electron chi connectivity index (χ2n) is 3.40. The number of rotatable bonds is 5. The Morgan fingerprint density at radius 2 is 2.12 bits per heavy atom. The van der Waals surface area contributed by atoms with Gasteiger partial charge in [0.05, 0.1) is 11.5 Å². The molecule has 0 saturated carbocycles. The monoisotopic (exact) mass is 365 g/mol. The van der Waals surface area contributed by atoms with Gasteiger partial charge in [-0.05, 0) is 47.2 Å². The molecule has 4 nitrogen and oxygen atoms in total. The van der Waals surface area contributed by atoms with Gasteiger partial charge in [0.15, 0.2) is 0 Å². The van der Waals surface area contributed by atoms with Crippen molar-refractivity contribution in [3.8, 4) is 0 Å². The molecule has 0 heterocycles. The summed E-state index contributed by atoms with van der Waals surface area (Å²) in [6, 6.07) is 5.65. The van der Waals surface area contributed by atoms with Crippen molar-refractivity contribution in [1.29, 1.82) is 0 Å². The number of thioether (sulfide) groups is 1. The van der Waals surface area contributed by atoms with Crippen LogP contribution in [0.3, 0.4) is 0 Å². The molecule has 0 fully saturated rings. The van der Waals surface area contributed by atoms with Crippen LogP contribution in [0, 0.1) is 10.5 Å². The molecular weight excluding hydrogens is 353 g/mol. The number of amides is 1.